The van der Waals surface area contributed by atoms with Gasteiger partial charge in [-0.15, -0.1) is 0 Å². The van der Waals surface area contributed by atoms with E-state index in [1.165, 1.54) is 41.1 Å². The molecule has 0 spiro atoms. The van der Waals surface area contributed by atoms with Gasteiger partial charge in [0.15, 0.2) is 0 Å². The average Bonchev–Trinajstić information content (AvgIpc) is 2.87. The summed E-state index contributed by atoms with van der Waals surface area (Å²) in [6, 6.07) is 18.0. The second-order valence-electron chi connectivity index (χ2n) is 8.46. The molecule has 0 amide bonds. The molecule has 6 nitrogen and oxygen atoms in total. The third-order valence-electron chi connectivity index (χ3n) is 6.12. The number of carbonyl (C=O) groups is 1. The van der Waals surface area contributed by atoms with E-state index in [1.807, 2.05) is 0 Å². The van der Waals surface area contributed by atoms with Crippen LogP contribution in [0.1, 0.15) is 39.4 Å². The zero-order valence-electron chi connectivity index (χ0n) is 19.5. The maximum atomic E-state index is 15.0. The molecule has 37 heavy (non-hydrogen) atoms. The Kier molecular flexibility index (Phi) is 7.50. The summed E-state index contributed by atoms with van der Waals surface area (Å²) in [5.74, 6) is -3.34. The van der Waals surface area contributed by atoms with Crippen LogP contribution in [0.5, 0.6) is 0 Å². The Morgan fingerprint density at radius 2 is 1.68 bits per heavy atom. The lowest BCUT2D eigenvalue weighted by atomic mass is 9.84. The molecule has 1 aromatic heterocycles. The van der Waals surface area contributed by atoms with E-state index in [0.717, 1.165) is 6.07 Å². The molecule has 0 aliphatic carbocycles. The van der Waals surface area contributed by atoms with Gasteiger partial charge in [0.1, 0.15) is 11.6 Å². The van der Waals surface area contributed by atoms with Crippen molar-refractivity contribution in [3.63, 3.8) is 0 Å². The van der Waals surface area contributed by atoms with Gasteiger partial charge in [-0.25, -0.2) is 13.6 Å². The van der Waals surface area contributed by atoms with Gasteiger partial charge in [-0.1, -0.05) is 53.2 Å². The largest absolute Gasteiger partial charge is 0.478 e. The quantitative estimate of drug-likeness (QED) is 0.175. The number of benzene rings is 3. The lowest BCUT2D eigenvalue weighted by Gasteiger charge is -2.20. The first-order valence-electron chi connectivity index (χ1n) is 11.1. The third kappa shape index (κ3) is 5.59. The number of aromatic carboxylic acids is 1. The molecule has 0 bridgehead atoms. The molecule has 0 saturated carbocycles. The Hall–Kier alpha value is -4.30. The van der Waals surface area contributed by atoms with Gasteiger partial charge in [0.25, 0.3) is 0 Å². The number of aryl methyl sites for hydroxylation is 1. The molecular weight excluding hydrogens is 502 g/mol. The van der Waals surface area contributed by atoms with Crippen LogP contribution in [-0.2, 0) is 7.05 Å². The highest BCUT2D eigenvalue weighted by Gasteiger charge is 2.22. The van der Waals surface area contributed by atoms with Crippen LogP contribution in [0.2, 0.25) is 5.02 Å². The normalized spacial score (nSPS) is 12.4. The number of carboxylic acids is 1. The second kappa shape index (κ2) is 10.8. The SMILES string of the molecule is Cn1cc(/C(CC(c2ccc(-c3ccc(C(=O)O)c(F)c3)cc2)c2ccc(Cl)cc2F)=N/O)ccc1=O. The van der Waals surface area contributed by atoms with Gasteiger partial charge in [-0.05, 0) is 52.6 Å². The summed E-state index contributed by atoms with van der Waals surface area (Å²) >= 11 is 5.96. The van der Waals surface area contributed by atoms with E-state index in [1.54, 1.807) is 43.4 Å². The van der Waals surface area contributed by atoms with Gasteiger partial charge in [-0.2, -0.15) is 0 Å². The molecule has 0 fully saturated rings. The van der Waals surface area contributed by atoms with Gasteiger partial charge in [0.05, 0.1) is 11.3 Å². The molecule has 188 valence electrons. The van der Waals surface area contributed by atoms with E-state index in [2.05, 4.69) is 5.16 Å². The van der Waals surface area contributed by atoms with Crippen LogP contribution in [0.15, 0.2) is 88.9 Å². The number of pyridine rings is 1. The molecule has 2 N–H and O–H groups in total. The molecule has 0 aliphatic rings. The van der Waals surface area contributed by atoms with Crippen molar-refractivity contribution >= 4 is 23.3 Å². The number of hydrogen-bond donors (Lipinski definition) is 2. The van der Waals surface area contributed by atoms with Crippen LogP contribution in [-0.4, -0.2) is 26.6 Å². The molecule has 0 aliphatic heterocycles. The van der Waals surface area contributed by atoms with Gasteiger partial charge in [-0.3, -0.25) is 4.79 Å². The molecule has 1 heterocycles. The summed E-state index contributed by atoms with van der Waals surface area (Å²) in [6.07, 6.45) is 1.62. The topological polar surface area (TPSA) is 91.9 Å². The number of nitrogens with zero attached hydrogens (tertiary/aromatic N) is 2. The first kappa shape index (κ1) is 25.8. The smallest absolute Gasteiger partial charge is 0.338 e. The monoisotopic (exact) mass is 522 g/mol. The maximum absolute atomic E-state index is 15.0. The number of rotatable bonds is 7. The summed E-state index contributed by atoms with van der Waals surface area (Å²) in [6.45, 7) is 0. The zero-order valence-corrected chi connectivity index (χ0v) is 20.3. The van der Waals surface area contributed by atoms with Crippen molar-refractivity contribution in [3.8, 4) is 11.1 Å². The molecular formula is C28H21ClF2N2O4. The van der Waals surface area contributed by atoms with Crippen molar-refractivity contribution in [1.29, 1.82) is 0 Å². The van der Waals surface area contributed by atoms with Crippen LogP contribution in [0.3, 0.4) is 0 Å². The van der Waals surface area contributed by atoms with Crippen LogP contribution in [0.4, 0.5) is 8.78 Å². The van der Waals surface area contributed by atoms with E-state index in [4.69, 9.17) is 16.7 Å². The standard InChI is InChI=1S/C28H21ClF2N2O4/c1-33-15-19(7-11-27(33)34)26(32-37)14-23(21-10-8-20(29)13-25(21)31)17-4-2-16(3-5-17)18-6-9-22(28(35)36)24(30)12-18/h2-13,15,23,37H,14H2,1H3,(H,35,36)/b32-26+. The molecule has 0 saturated heterocycles. The first-order valence-corrected chi connectivity index (χ1v) is 11.5. The van der Waals surface area contributed by atoms with E-state index in [0.29, 0.717) is 27.8 Å². The first-order chi connectivity index (χ1) is 17.7. The highest BCUT2D eigenvalue weighted by Crippen LogP contribution is 2.34. The fraction of sp³-hybridized carbons (Fsp3) is 0.107. The minimum atomic E-state index is -1.35. The summed E-state index contributed by atoms with van der Waals surface area (Å²) in [5.41, 5.74) is 2.19. The summed E-state index contributed by atoms with van der Waals surface area (Å²) in [5, 5.41) is 22.5. The minimum absolute atomic E-state index is 0.0918. The fourth-order valence-electron chi connectivity index (χ4n) is 4.14. The van der Waals surface area contributed by atoms with Gasteiger partial charge in [0, 0.05) is 42.2 Å². The van der Waals surface area contributed by atoms with E-state index in [9.17, 15) is 19.2 Å². The molecule has 1 atom stereocenters. The van der Waals surface area contributed by atoms with Gasteiger partial charge >= 0.3 is 5.97 Å². The van der Waals surface area contributed by atoms with Crippen LogP contribution in [0.25, 0.3) is 11.1 Å². The Bertz CT molecular complexity index is 1570. The van der Waals surface area contributed by atoms with Crippen molar-refractivity contribution < 1.29 is 23.9 Å². The summed E-state index contributed by atoms with van der Waals surface area (Å²) in [7, 11) is 1.57. The van der Waals surface area contributed by atoms with Crippen molar-refractivity contribution in [2.75, 3.05) is 0 Å². The van der Waals surface area contributed by atoms with Crippen LogP contribution >= 0.6 is 11.6 Å². The average molecular weight is 523 g/mol. The molecule has 1 unspecified atom stereocenters. The Balaban J connectivity index is 1.74. The number of carboxylic acid groups (broad SMARTS) is 1. The second-order valence-corrected chi connectivity index (χ2v) is 8.89. The Morgan fingerprint density at radius 3 is 2.27 bits per heavy atom. The number of halogens is 3. The van der Waals surface area contributed by atoms with E-state index >= 15 is 4.39 Å². The third-order valence-corrected chi connectivity index (χ3v) is 6.36. The molecule has 9 heteroatoms. The highest BCUT2D eigenvalue weighted by molar-refractivity contribution is 6.30. The highest BCUT2D eigenvalue weighted by atomic mass is 35.5. The van der Waals surface area contributed by atoms with E-state index < -0.39 is 29.1 Å². The van der Waals surface area contributed by atoms with Crippen molar-refractivity contribution in [1.82, 2.24) is 4.57 Å². The molecule has 4 rings (SSSR count). The number of hydrogen-bond acceptors (Lipinski definition) is 4. The predicted octanol–water partition coefficient (Wildman–Crippen LogP) is 6.08. The summed E-state index contributed by atoms with van der Waals surface area (Å²) in [4.78, 5) is 22.9. The lowest BCUT2D eigenvalue weighted by molar-refractivity contribution is 0.0692. The maximum Gasteiger partial charge on any atom is 0.338 e. The van der Waals surface area contributed by atoms with Crippen molar-refractivity contribution in [2.24, 2.45) is 12.2 Å². The predicted molar refractivity (Wildman–Crippen MR) is 137 cm³/mol. The zero-order chi connectivity index (χ0) is 26.7. The Labute approximate surface area is 215 Å². The Morgan fingerprint density at radius 1 is 0.973 bits per heavy atom. The summed E-state index contributed by atoms with van der Waals surface area (Å²) < 4.78 is 30.6. The van der Waals surface area contributed by atoms with Gasteiger partial charge < -0.3 is 14.9 Å². The lowest BCUT2D eigenvalue weighted by Crippen LogP contribution is -2.18. The van der Waals surface area contributed by atoms with Gasteiger partial charge in [0.2, 0.25) is 5.56 Å². The molecule has 4 aromatic rings. The van der Waals surface area contributed by atoms with E-state index in [-0.39, 0.29) is 22.7 Å². The fourth-order valence-corrected chi connectivity index (χ4v) is 4.30. The van der Waals surface area contributed by atoms with Crippen molar-refractivity contribution in [2.45, 2.75) is 12.3 Å². The van der Waals surface area contributed by atoms with Crippen LogP contribution in [0, 0.1) is 11.6 Å². The van der Waals surface area contributed by atoms with Crippen LogP contribution < -0.4 is 5.56 Å². The minimum Gasteiger partial charge on any atom is -0.478 e. The van der Waals surface area contributed by atoms with Crippen molar-refractivity contribution in [3.05, 3.63) is 128 Å². The molecule has 3 aromatic carbocycles. The number of aromatic nitrogens is 1. The number of oxime groups is 1. The molecule has 0 radical (unpaired) electrons.